The van der Waals surface area contributed by atoms with E-state index in [0.717, 1.165) is 26.1 Å². The third-order valence-corrected chi connectivity index (χ3v) is 3.45. The van der Waals surface area contributed by atoms with E-state index >= 15 is 0 Å². The maximum atomic E-state index is 5.97. The Morgan fingerprint density at radius 3 is 2.50 bits per heavy atom. The minimum Gasteiger partial charge on any atom is -0.299 e. The molecule has 0 aliphatic heterocycles. The zero-order chi connectivity index (χ0) is 12.0. The van der Waals surface area contributed by atoms with E-state index in [2.05, 4.69) is 11.8 Å². The summed E-state index contributed by atoms with van der Waals surface area (Å²) in [6, 6.07) is 5.78. The molecule has 4 heteroatoms. The second-order valence-electron chi connectivity index (χ2n) is 3.66. The van der Waals surface area contributed by atoms with Crippen LogP contribution in [0.4, 0.5) is 0 Å². The molecular weight excluding hydrogens is 264 g/mol. The predicted molar refractivity (Wildman–Crippen MR) is 72.8 cm³/mol. The van der Waals surface area contributed by atoms with Crippen LogP contribution in [0.2, 0.25) is 10.0 Å². The quantitative estimate of drug-likeness (QED) is 0.696. The molecular formula is C12H16Cl3N. The van der Waals surface area contributed by atoms with Crippen LogP contribution in [0.5, 0.6) is 0 Å². The standard InChI is InChI=1S/C12H16Cl3N/c1-2-16(7-3-6-13)9-10-4-5-11(14)12(15)8-10/h4-5,8H,2-3,6-7,9H2,1H3. The summed E-state index contributed by atoms with van der Waals surface area (Å²) in [5.41, 5.74) is 1.19. The van der Waals surface area contributed by atoms with Crippen molar-refractivity contribution in [2.24, 2.45) is 0 Å². The molecule has 90 valence electrons. The number of halogens is 3. The van der Waals surface area contributed by atoms with Gasteiger partial charge in [0, 0.05) is 12.4 Å². The van der Waals surface area contributed by atoms with Gasteiger partial charge in [-0.05, 0) is 37.2 Å². The van der Waals surface area contributed by atoms with E-state index < -0.39 is 0 Å². The van der Waals surface area contributed by atoms with Gasteiger partial charge in [-0.1, -0.05) is 36.2 Å². The van der Waals surface area contributed by atoms with Gasteiger partial charge in [0.25, 0.3) is 0 Å². The molecule has 0 heterocycles. The lowest BCUT2D eigenvalue weighted by Gasteiger charge is -2.20. The number of rotatable bonds is 6. The largest absolute Gasteiger partial charge is 0.299 e. The molecule has 16 heavy (non-hydrogen) atoms. The van der Waals surface area contributed by atoms with Crippen LogP contribution in [-0.4, -0.2) is 23.9 Å². The second-order valence-corrected chi connectivity index (χ2v) is 4.85. The highest BCUT2D eigenvalue weighted by atomic mass is 35.5. The summed E-state index contributed by atoms with van der Waals surface area (Å²) in [6.07, 6.45) is 1.01. The van der Waals surface area contributed by atoms with Crippen LogP contribution in [0.3, 0.4) is 0 Å². The molecule has 0 aliphatic rings. The van der Waals surface area contributed by atoms with E-state index in [1.807, 2.05) is 18.2 Å². The molecule has 0 aliphatic carbocycles. The molecule has 1 nitrogen and oxygen atoms in total. The van der Waals surface area contributed by atoms with Gasteiger partial charge < -0.3 is 0 Å². The van der Waals surface area contributed by atoms with Crippen LogP contribution in [-0.2, 0) is 6.54 Å². The van der Waals surface area contributed by atoms with Gasteiger partial charge in [-0.2, -0.15) is 0 Å². The molecule has 0 bridgehead atoms. The van der Waals surface area contributed by atoms with Crippen molar-refractivity contribution >= 4 is 34.8 Å². The van der Waals surface area contributed by atoms with Crippen molar-refractivity contribution in [3.63, 3.8) is 0 Å². The number of hydrogen-bond donors (Lipinski definition) is 0. The van der Waals surface area contributed by atoms with Gasteiger partial charge in [-0.3, -0.25) is 4.90 Å². The first-order chi connectivity index (χ1) is 7.67. The van der Waals surface area contributed by atoms with E-state index in [1.54, 1.807) is 0 Å². The number of benzene rings is 1. The summed E-state index contributed by atoms with van der Waals surface area (Å²) in [7, 11) is 0. The average molecular weight is 281 g/mol. The molecule has 0 radical (unpaired) electrons. The lowest BCUT2D eigenvalue weighted by molar-refractivity contribution is 0.281. The van der Waals surface area contributed by atoms with Crippen molar-refractivity contribution in [2.45, 2.75) is 19.9 Å². The first-order valence-electron chi connectivity index (χ1n) is 5.39. The van der Waals surface area contributed by atoms with Gasteiger partial charge in [-0.25, -0.2) is 0 Å². The SMILES string of the molecule is CCN(CCCCl)Cc1ccc(Cl)c(Cl)c1. The average Bonchev–Trinajstić information content (AvgIpc) is 2.29. The van der Waals surface area contributed by atoms with Crippen LogP contribution >= 0.6 is 34.8 Å². The Morgan fingerprint density at radius 2 is 1.94 bits per heavy atom. The summed E-state index contributed by atoms with van der Waals surface area (Å²) in [4.78, 5) is 2.34. The van der Waals surface area contributed by atoms with Crippen LogP contribution < -0.4 is 0 Å². The molecule has 1 aromatic rings. The van der Waals surface area contributed by atoms with Gasteiger partial charge in [-0.15, -0.1) is 11.6 Å². The van der Waals surface area contributed by atoms with Crippen LogP contribution in [0.25, 0.3) is 0 Å². The Morgan fingerprint density at radius 1 is 1.19 bits per heavy atom. The molecule has 1 aromatic carbocycles. The highest BCUT2D eigenvalue weighted by Gasteiger charge is 2.05. The fourth-order valence-electron chi connectivity index (χ4n) is 1.53. The summed E-state index contributed by atoms with van der Waals surface area (Å²) < 4.78 is 0. The van der Waals surface area contributed by atoms with Crippen molar-refractivity contribution in [1.82, 2.24) is 4.90 Å². The summed E-state index contributed by atoms with van der Waals surface area (Å²) in [6.45, 7) is 5.06. The van der Waals surface area contributed by atoms with E-state index in [1.165, 1.54) is 5.56 Å². The molecule has 0 spiro atoms. The van der Waals surface area contributed by atoms with Crippen molar-refractivity contribution in [3.8, 4) is 0 Å². The Bertz CT molecular complexity index is 328. The van der Waals surface area contributed by atoms with Gasteiger partial charge in [0.2, 0.25) is 0 Å². The summed E-state index contributed by atoms with van der Waals surface area (Å²) in [5.74, 6) is 0.706. The number of alkyl halides is 1. The fourth-order valence-corrected chi connectivity index (χ4v) is 1.97. The molecule has 0 N–H and O–H groups in total. The molecule has 0 unspecified atom stereocenters. The molecule has 1 rings (SSSR count). The topological polar surface area (TPSA) is 3.24 Å². The van der Waals surface area contributed by atoms with Crippen molar-refractivity contribution in [3.05, 3.63) is 33.8 Å². The van der Waals surface area contributed by atoms with Crippen molar-refractivity contribution < 1.29 is 0 Å². The fraction of sp³-hybridized carbons (Fsp3) is 0.500. The zero-order valence-electron chi connectivity index (χ0n) is 9.35. The van der Waals surface area contributed by atoms with E-state index in [0.29, 0.717) is 15.9 Å². The Balaban J connectivity index is 2.59. The maximum absolute atomic E-state index is 5.97. The van der Waals surface area contributed by atoms with Gasteiger partial charge >= 0.3 is 0 Å². The van der Waals surface area contributed by atoms with Crippen LogP contribution in [0.15, 0.2) is 18.2 Å². The minimum absolute atomic E-state index is 0.606. The third-order valence-electron chi connectivity index (χ3n) is 2.45. The molecule has 0 saturated carbocycles. The Hall–Kier alpha value is 0.0500. The van der Waals surface area contributed by atoms with Crippen LogP contribution in [0, 0.1) is 0 Å². The van der Waals surface area contributed by atoms with E-state index in [9.17, 15) is 0 Å². The predicted octanol–water partition coefficient (Wildman–Crippen LogP) is 4.44. The minimum atomic E-state index is 0.606. The zero-order valence-corrected chi connectivity index (χ0v) is 11.6. The highest BCUT2D eigenvalue weighted by molar-refractivity contribution is 6.42. The highest BCUT2D eigenvalue weighted by Crippen LogP contribution is 2.23. The summed E-state index contributed by atoms with van der Waals surface area (Å²) >= 11 is 17.5. The number of nitrogens with zero attached hydrogens (tertiary/aromatic N) is 1. The molecule has 0 atom stereocenters. The maximum Gasteiger partial charge on any atom is 0.0595 e. The Kier molecular flexibility index (Phi) is 6.52. The first kappa shape index (κ1) is 14.1. The number of hydrogen-bond acceptors (Lipinski definition) is 1. The second kappa shape index (κ2) is 7.39. The molecule has 0 fully saturated rings. The molecule has 0 amide bonds. The van der Waals surface area contributed by atoms with Crippen molar-refractivity contribution in [2.75, 3.05) is 19.0 Å². The smallest absolute Gasteiger partial charge is 0.0595 e. The Labute approximate surface area is 112 Å². The lowest BCUT2D eigenvalue weighted by atomic mass is 10.2. The van der Waals surface area contributed by atoms with Gasteiger partial charge in [0.05, 0.1) is 10.0 Å². The normalized spacial score (nSPS) is 11.1. The monoisotopic (exact) mass is 279 g/mol. The first-order valence-corrected chi connectivity index (χ1v) is 6.68. The van der Waals surface area contributed by atoms with Gasteiger partial charge in [0.15, 0.2) is 0 Å². The van der Waals surface area contributed by atoms with Crippen molar-refractivity contribution in [1.29, 1.82) is 0 Å². The van der Waals surface area contributed by atoms with Crippen LogP contribution in [0.1, 0.15) is 18.9 Å². The summed E-state index contributed by atoms with van der Waals surface area (Å²) in [5, 5.41) is 1.22. The molecule has 0 saturated heterocycles. The van der Waals surface area contributed by atoms with Gasteiger partial charge in [0.1, 0.15) is 0 Å². The molecule has 0 aromatic heterocycles. The lowest BCUT2D eigenvalue weighted by Crippen LogP contribution is -2.24. The third kappa shape index (κ3) is 4.50. The van der Waals surface area contributed by atoms with E-state index in [-0.39, 0.29) is 0 Å². The van der Waals surface area contributed by atoms with E-state index in [4.69, 9.17) is 34.8 Å².